The molecule has 4 nitrogen and oxygen atoms in total. The summed E-state index contributed by atoms with van der Waals surface area (Å²) in [5, 5.41) is 9.26. The molecule has 0 aliphatic rings. The first-order valence-electron chi connectivity index (χ1n) is 4.39. The Hall–Kier alpha value is -2.10. The van der Waals surface area contributed by atoms with Crippen molar-refractivity contribution < 1.29 is 19.1 Å². The predicted octanol–water partition coefficient (Wildman–Crippen LogP) is 1.63. The number of hydrogen-bond acceptors (Lipinski definition) is 3. The summed E-state index contributed by atoms with van der Waals surface area (Å²) in [5.74, 6) is -2.25. The summed E-state index contributed by atoms with van der Waals surface area (Å²) in [6, 6.07) is 7.19. The molecular weight excluding hydrogens is 196 g/mol. The van der Waals surface area contributed by atoms with Gasteiger partial charge in [-0.2, -0.15) is 0 Å². The first-order chi connectivity index (χ1) is 7.18. The number of carbonyl (C=O) groups excluding carboxylic acids is 1. The topological polar surface area (TPSA) is 67.5 Å². The maximum atomic E-state index is 11.0. The molecular formula is C11H8O4. The second-order valence-corrected chi connectivity index (χ2v) is 3.16. The Morgan fingerprint density at radius 3 is 2.73 bits per heavy atom. The largest absolute Gasteiger partial charge is 0.475 e. The number of furan rings is 1. The standard InChI is InChI=1S/C11H8O4/c12-9(11(13)14)5-7-6-15-10-4-2-1-3-8(7)10/h1-4,6H,5H2,(H,13,14). The number of carboxylic acid groups (broad SMARTS) is 1. The summed E-state index contributed by atoms with van der Waals surface area (Å²) in [5.41, 5.74) is 1.27. The Kier molecular flexibility index (Phi) is 2.25. The summed E-state index contributed by atoms with van der Waals surface area (Å²) in [4.78, 5) is 21.4. The van der Waals surface area contributed by atoms with Crippen LogP contribution in [0.3, 0.4) is 0 Å². The summed E-state index contributed by atoms with van der Waals surface area (Å²) in [7, 11) is 0. The number of rotatable bonds is 3. The third-order valence-corrected chi connectivity index (χ3v) is 2.15. The highest BCUT2D eigenvalue weighted by Crippen LogP contribution is 2.21. The van der Waals surface area contributed by atoms with Gasteiger partial charge in [0.1, 0.15) is 5.58 Å². The Morgan fingerprint density at radius 2 is 2.00 bits per heavy atom. The molecule has 2 aromatic rings. The minimum absolute atomic E-state index is 0.133. The van der Waals surface area contributed by atoms with Crippen LogP contribution in [0.4, 0.5) is 0 Å². The molecule has 1 N–H and O–H groups in total. The molecule has 1 aromatic carbocycles. The fraction of sp³-hybridized carbons (Fsp3) is 0.0909. The van der Waals surface area contributed by atoms with Crippen LogP contribution in [-0.2, 0) is 16.0 Å². The molecule has 0 aliphatic carbocycles. The maximum absolute atomic E-state index is 11.0. The van der Waals surface area contributed by atoms with E-state index in [-0.39, 0.29) is 6.42 Å². The van der Waals surface area contributed by atoms with E-state index >= 15 is 0 Å². The highest BCUT2D eigenvalue weighted by Gasteiger charge is 2.15. The summed E-state index contributed by atoms with van der Waals surface area (Å²) in [6.07, 6.45) is 1.29. The Labute approximate surface area is 85.1 Å². The van der Waals surface area contributed by atoms with E-state index in [1.54, 1.807) is 12.1 Å². The van der Waals surface area contributed by atoms with Crippen molar-refractivity contribution in [2.75, 3.05) is 0 Å². The van der Waals surface area contributed by atoms with Crippen LogP contribution in [0.2, 0.25) is 0 Å². The van der Waals surface area contributed by atoms with Crippen LogP contribution < -0.4 is 0 Å². The van der Waals surface area contributed by atoms with E-state index < -0.39 is 11.8 Å². The van der Waals surface area contributed by atoms with Crippen molar-refractivity contribution in [1.82, 2.24) is 0 Å². The molecule has 0 radical (unpaired) electrons. The molecule has 0 amide bonds. The molecule has 0 saturated heterocycles. The zero-order valence-corrected chi connectivity index (χ0v) is 7.77. The molecule has 1 aromatic heterocycles. The second kappa shape index (κ2) is 3.57. The molecule has 0 atom stereocenters. The van der Waals surface area contributed by atoms with E-state index in [4.69, 9.17) is 9.52 Å². The smallest absolute Gasteiger partial charge is 0.372 e. The Bertz CT molecular complexity index is 524. The first-order valence-corrected chi connectivity index (χ1v) is 4.39. The third-order valence-electron chi connectivity index (χ3n) is 2.15. The SMILES string of the molecule is O=C(O)C(=O)Cc1coc2ccccc12. The number of hydrogen-bond donors (Lipinski definition) is 1. The van der Waals surface area contributed by atoms with Crippen LogP contribution in [-0.4, -0.2) is 16.9 Å². The highest BCUT2D eigenvalue weighted by atomic mass is 16.4. The average molecular weight is 204 g/mol. The van der Waals surface area contributed by atoms with Crippen LogP contribution in [0.1, 0.15) is 5.56 Å². The zero-order chi connectivity index (χ0) is 10.8. The lowest BCUT2D eigenvalue weighted by atomic mass is 10.1. The van der Waals surface area contributed by atoms with Gasteiger partial charge in [-0.05, 0) is 6.07 Å². The van der Waals surface area contributed by atoms with Crippen molar-refractivity contribution in [3.8, 4) is 0 Å². The van der Waals surface area contributed by atoms with Gasteiger partial charge in [0, 0.05) is 17.4 Å². The molecule has 15 heavy (non-hydrogen) atoms. The lowest BCUT2D eigenvalue weighted by Crippen LogP contribution is -2.14. The summed E-state index contributed by atoms with van der Waals surface area (Å²) < 4.78 is 5.18. The number of fused-ring (bicyclic) bond motifs is 1. The third kappa shape index (κ3) is 1.74. The molecule has 0 unspecified atom stereocenters. The normalized spacial score (nSPS) is 10.4. The van der Waals surface area contributed by atoms with Crippen molar-refractivity contribution in [3.05, 3.63) is 36.1 Å². The van der Waals surface area contributed by atoms with Crippen LogP contribution >= 0.6 is 0 Å². The van der Waals surface area contributed by atoms with Crippen molar-refractivity contribution in [1.29, 1.82) is 0 Å². The molecule has 76 valence electrons. The minimum Gasteiger partial charge on any atom is -0.475 e. The van der Waals surface area contributed by atoms with E-state index in [0.717, 1.165) is 5.39 Å². The van der Waals surface area contributed by atoms with E-state index in [1.165, 1.54) is 6.26 Å². The molecule has 2 rings (SSSR count). The number of carboxylic acids is 1. The van der Waals surface area contributed by atoms with E-state index in [9.17, 15) is 9.59 Å². The van der Waals surface area contributed by atoms with Gasteiger partial charge in [0.2, 0.25) is 5.78 Å². The van der Waals surface area contributed by atoms with Crippen LogP contribution in [0, 0.1) is 0 Å². The van der Waals surface area contributed by atoms with Gasteiger partial charge in [0.05, 0.1) is 6.26 Å². The zero-order valence-electron chi connectivity index (χ0n) is 7.77. The van der Waals surface area contributed by atoms with Crippen LogP contribution in [0.15, 0.2) is 34.9 Å². The average Bonchev–Trinajstić information content (AvgIpc) is 2.62. The fourth-order valence-electron chi connectivity index (χ4n) is 1.42. The second-order valence-electron chi connectivity index (χ2n) is 3.16. The first kappa shape index (κ1) is 9.45. The number of ketones is 1. The molecule has 0 fully saturated rings. The van der Waals surface area contributed by atoms with Gasteiger partial charge < -0.3 is 9.52 Å². The van der Waals surface area contributed by atoms with Crippen LogP contribution in [0.5, 0.6) is 0 Å². The van der Waals surface area contributed by atoms with Gasteiger partial charge in [0.25, 0.3) is 0 Å². The predicted molar refractivity (Wildman–Crippen MR) is 52.6 cm³/mol. The Morgan fingerprint density at radius 1 is 1.27 bits per heavy atom. The number of Topliss-reactive ketones (excluding diaryl/α,β-unsaturated/α-hetero) is 1. The van der Waals surface area contributed by atoms with Crippen molar-refractivity contribution in [2.45, 2.75) is 6.42 Å². The van der Waals surface area contributed by atoms with Gasteiger partial charge in [0.15, 0.2) is 0 Å². The monoisotopic (exact) mass is 204 g/mol. The van der Waals surface area contributed by atoms with Crippen molar-refractivity contribution in [3.63, 3.8) is 0 Å². The Balaban J connectivity index is 2.37. The van der Waals surface area contributed by atoms with E-state index in [1.807, 2.05) is 12.1 Å². The fourth-order valence-corrected chi connectivity index (χ4v) is 1.42. The van der Waals surface area contributed by atoms with Crippen molar-refractivity contribution in [2.24, 2.45) is 0 Å². The van der Waals surface area contributed by atoms with E-state index in [2.05, 4.69) is 0 Å². The van der Waals surface area contributed by atoms with Gasteiger partial charge in [-0.15, -0.1) is 0 Å². The van der Waals surface area contributed by atoms with Gasteiger partial charge >= 0.3 is 5.97 Å². The molecule has 0 bridgehead atoms. The molecule has 1 heterocycles. The summed E-state index contributed by atoms with van der Waals surface area (Å²) in [6.45, 7) is 0. The van der Waals surface area contributed by atoms with E-state index in [0.29, 0.717) is 11.1 Å². The molecule has 0 saturated carbocycles. The van der Waals surface area contributed by atoms with Gasteiger partial charge in [-0.1, -0.05) is 18.2 Å². The lowest BCUT2D eigenvalue weighted by molar-refractivity contribution is -0.148. The highest BCUT2D eigenvalue weighted by molar-refractivity contribution is 6.33. The molecule has 4 heteroatoms. The molecule has 0 aliphatic heterocycles. The van der Waals surface area contributed by atoms with Gasteiger partial charge in [-0.25, -0.2) is 4.79 Å². The molecule has 0 spiro atoms. The van der Waals surface area contributed by atoms with Crippen LogP contribution in [0.25, 0.3) is 11.0 Å². The number of carbonyl (C=O) groups is 2. The number of benzene rings is 1. The lowest BCUT2D eigenvalue weighted by Gasteiger charge is -1.93. The minimum atomic E-state index is -1.42. The number of para-hydroxylation sites is 1. The van der Waals surface area contributed by atoms with Gasteiger partial charge in [-0.3, -0.25) is 4.79 Å². The quantitative estimate of drug-likeness (QED) is 0.771. The number of aliphatic carboxylic acids is 1. The maximum Gasteiger partial charge on any atom is 0.372 e. The van der Waals surface area contributed by atoms with Crippen molar-refractivity contribution >= 4 is 22.7 Å². The summed E-state index contributed by atoms with van der Waals surface area (Å²) >= 11 is 0.